The molecule has 134 valence electrons. The number of ether oxygens (including phenoxy) is 2. The molecule has 1 saturated heterocycles. The summed E-state index contributed by atoms with van der Waals surface area (Å²) in [5.74, 6) is 0.255. The number of nitrogens with one attached hydrogen (secondary N) is 2. The number of anilines is 1. The predicted octanol–water partition coefficient (Wildman–Crippen LogP) is 1.30. The van der Waals surface area contributed by atoms with Crippen molar-refractivity contribution in [3.05, 3.63) is 42.2 Å². The van der Waals surface area contributed by atoms with Crippen LogP contribution in [0.4, 0.5) is 5.69 Å². The third-order valence-corrected chi connectivity index (χ3v) is 5.73. The Morgan fingerprint density at radius 3 is 2.56 bits per heavy atom. The maximum Gasteiger partial charge on any atom is 0.272 e. The van der Waals surface area contributed by atoms with E-state index in [1.807, 2.05) is 0 Å². The molecule has 0 saturated carbocycles. The molecule has 1 aromatic carbocycles. The Bertz CT molecular complexity index is 839. The quantitative estimate of drug-likeness (QED) is 0.832. The third-order valence-electron chi connectivity index (χ3n) is 3.86. The first kappa shape index (κ1) is 17.5. The van der Waals surface area contributed by atoms with Crippen LogP contribution in [0, 0.1) is 0 Å². The van der Waals surface area contributed by atoms with Crippen molar-refractivity contribution >= 4 is 21.6 Å². The maximum absolute atomic E-state index is 12.6. The van der Waals surface area contributed by atoms with Gasteiger partial charge >= 0.3 is 0 Å². The number of morpholine rings is 1. The molecule has 25 heavy (non-hydrogen) atoms. The zero-order valence-corrected chi connectivity index (χ0v) is 14.5. The van der Waals surface area contributed by atoms with E-state index in [0.29, 0.717) is 37.7 Å². The van der Waals surface area contributed by atoms with Gasteiger partial charge in [-0.25, -0.2) is 8.42 Å². The number of nitrogens with zero attached hydrogens (tertiary/aromatic N) is 1. The number of aromatic nitrogens is 1. The minimum atomic E-state index is -3.63. The lowest BCUT2D eigenvalue weighted by Gasteiger charge is -2.25. The molecule has 3 rings (SSSR count). The van der Waals surface area contributed by atoms with Crippen molar-refractivity contribution in [2.45, 2.75) is 4.90 Å². The van der Waals surface area contributed by atoms with Crippen molar-refractivity contribution in [1.29, 1.82) is 0 Å². The van der Waals surface area contributed by atoms with E-state index < -0.39 is 15.9 Å². The highest BCUT2D eigenvalue weighted by atomic mass is 32.2. The fraction of sp³-hybridized carbons (Fsp3) is 0.312. The first-order chi connectivity index (χ1) is 12.0. The van der Waals surface area contributed by atoms with Crippen molar-refractivity contribution in [2.75, 3.05) is 38.7 Å². The topological polar surface area (TPSA) is 101 Å². The number of benzene rings is 1. The first-order valence-corrected chi connectivity index (χ1v) is 9.16. The van der Waals surface area contributed by atoms with Gasteiger partial charge in [-0.3, -0.25) is 4.79 Å². The van der Waals surface area contributed by atoms with Gasteiger partial charge in [-0.15, -0.1) is 0 Å². The van der Waals surface area contributed by atoms with Crippen LogP contribution in [-0.2, 0) is 14.8 Å². The molecular weight excluding hydrogens is 346 g/mol. The normalized spacial score (nSPS) is 15.7. The van der Waals surface area contributed by atoms with E-state index in [1.165, 1.54) is 16.6 Å². The second-order valence-corrected chi connectivity index (χ2v) is 7.39. The first-order valence-electron chi connectivity index (χ1n) is 7.72. The molecule has 0 bridgehead atoms. The van der Waals surface area contributed by atoms with Crippen LogP contribution in [0.15, 0.2) is 41.4 Å². The zero-order valence-electron chi connectivity index (χ0n) is 13.7. The highest BCUT2D eigenvalue weighted by Gasteiger charge is 2.27. The van der Waals surface area contributed by atoms with Crippen LogP contribution in [0.3, 0.4) is 0 Å². The van der Waals surface area contributed by atoms with Gasteiger partial charge in [-0.05, 0) is 30.3 Å². The number of H-pyrrole nitrogens is 1. The van der Waals surface area contributed by atoms with Gasteiger partial charge in [0.1, 0.15) is 16.3 Å². The molecule has 0 spiro atoms. The number of sulfonamides is 1. The van der Waals surface area contributed by atoms with Crippen LogP contribution in [0.1, 0.15) is 10.5 Å². The summed E-state index contributed by atoms with van der Waals surface area (Å²) in [7, 11) is -2.07. The molecule has 0 atom stereocenters. The van der Waals surface area contributed by atoms with Gasteiger partial charge in [0, 0.05) is 25.0 Å². The lowest BCUT2D eigenvalue weighted by atomic mass is 10.3. The summed E-state index contributed by atoms with van der Waals surface area (Å²) in [6, 6.07) is 8.18. The van der Waals surface area contributed by atoms with Gasteiger partial charge in [0.05, 0.1) is 20.3 Å². The fourth-order valence-electron chi connectivity index (χ4n) is 2.46. The summed E-state index contributed by atoms with van der Waals surface area (Å²) in [4.78, 5) is 15.1. The van der Waals surface area contributed by atoms with E-state index >= 15 is 0 Å². The van der Waals surface area contributed by atoms with Gasteiger partial charge in [0.2, 0.25) is 10.0 Å². The van der Waals surface area contributed by atoms with E-state index in [-0.39, 0.29) is 10.6 Å². The molecule has 8 nitrogen and oxygen atoms in total. The molecule has 1 fully saturated rings. The zero-order chi connectivity index (χ0) is 17.9. The van der Waals surface area contributed by atoms with E-state index in [9.17, 15) is 13.2 Å². The van der Waals surface area contributed by atoms with E-state index in [0.717, 1.165) is 0 Å². The summed E-state index contributed by atoms with van der Waals surface area (Å²) in [6.45, 7) is 1.35. The van der Waals surface area contributed by atoms with Crippen molar-refractivity contribution in [1.82, 2.24) is 9.29 Å². The Labute approximate surface area is 145 Å². The van der Waals surface area contributed by atoms with E-state index in [1.54, 1.807) is 31.4 Å². The molecule has 2 N–H and O–H groups in total. The Morgan fingerprint density at radius 2 is 1.92 bits per heavy atom. The summed E-state index contributed by atoms with van der Waals surface area (Å²) in [5, 5.41) is 2.70. The van der Waals surface area contributed by atoms with Crippen LogP contribution in [0.2, 0.25) is 0 Å². The summed E-state index contributed by atoms with van der Waals surface area (Å²) < 4.78 is 36.7. The van der Waals surface area contributed by atoms with Crippen LogP contribution in [0.25, 0.3) is 0 Å². The van der Waals surface area contributed by atoms with Gasteiger partial charge < -0.3 is 19.8 Å². The third kappa shape index (κ3) is 3.84. The Morgan fingerprint density at radius 1 is 1.24 bits per heavy atom. The smallest absolute Gasteiger partial charge is 0.272 e. The van der Waals surface area contributed by atoms with Crippen molar-refractivity contribution in [3.63, 3.8) is 0 Å². The summed E-state index contributed by atoms with van der Waals surface area (Å²) >= 11 is 0. The number of hydrogen-bond donors (Lipinski definition) is 2. The molecule has 2 aromatic rings. The number of carbonyl (C=O) groups is 1. The molecule has 1 aromatic heterocycles. The Hall–Kier alpha value is -2.36. The fourth-order valence-corrected chi connectivity index (χ4v) is 3.87. The molecule has 1 aliphatic heterocycles. The number of aromatic amines is 1. The van der Waals surface area contributed by atoms with Crippen molar-refractivity contribution in [3.8, 4) is 5.75 Å². The number of amides is 1. The summed E-state index contributed by atoms with van der Waals surface area (Å²) in [5.41, 5.74) is 0.751. The number of methoxy groups -OCH3 is 1. The van der Waals surface area contributed by atoms with Gasteiger partial charge in [-0.2, -0.15) is 4.31 Å². The SMILES string of the molecule is COc1ccc(NC(=O)c2cc(S(=O)(=O)N3CCOCC3)c[nH]2)cc1. The Kier molecular flexibility index (Phi) is 5.07. The lowest BCUT2D eigenvalue weighted by molar-refractivity contribution is 0.0730. The Balaban J connectivity index is 1.72. The van der Waals surface area contributed by atoms with Crippen LogP contribution >= 0.6 is 0 Å². The van der Waals surface area contributed by atoms with Crippen molar-refractivity contribution < 1.29 is 22.7 Å². The molecule has 0 aliphatic carbocycles. The second kappa shape index (κ2) is 7.26. The molecule has 0 unspecified atom stereocenters. The largest absolute Gasteiger partial charge is 0.497 e. The summed E-state index contributed by atoms with van der Waals surface area (Å²) in [6.07, 6.45) is 1.33. The van der Waals surface area contributed by atoms with E-state index in [2.05, 4.69) is 10.3 Å². The number of hydrogen-bond acceptors (Lipinski definition) is 5. The lowest BCUT2D eigenvalue weighted by Crippen LogP contribution is -2.40. The molecule has 0 radical (unpaired) electrons. The average Bonchev–Trinajstić information content (AvgIpc) is 3.14. The van der Waals surface area contributed by atoms with Gasteiger partial charge in [0.25, 0.3) is 5.91 Å². The molecular formula is C16H19N3O5S. The van der Waals surface area contributed by atoms with Crippen LogP contribution in [0.5, 0.6) is 5.75 Å². The molecule has 2 heterocycles. The molecule has 1 amide bonds. The highest BCUT2D eigenvalue weighted by molar-refractivity contribution is 7.89. The standard InChI is InChI=1S/C16H19N3O5S/c1-23-13-4-2-12(3-5-13)18-16(20)15-10-14(11-17-15)25(21,22)19-6-8-24-9-7-19/h2-5,10-11,17H,6-9H2,1H3,(H,18,20). The average molecular weight is 365 g/mol. The maximum atomic E-state index is 12.6. The molecule has 1 aliphatic rings. The van der Waals surface area contributed by atoms with Gasteiger partial charge in [0.15, 0.2) is 0 Å². The number of rotatable bonds is 5. The highest BCUT2D eigenvalue weighted by Crippen LogP contribution is 2.19. The van der Waals surface area contributed by atoms with Gasteiger partial charge in [-0.1, -0.05) is 0 Å². The van der Waals surface area contributed by atoms with Crippen LogP contribution in [-0.4, -0.2) is 57.0 Å². The van der Waals surface area contributed by atoms with E-state index in [4.69, 9.17) is 9.47 Å². The predicted molar refractivity (Wildman–Crippen MR) is 91.3 cm³/mol. The van der Waals surface area contributed by atoms with Crippen LogP contribution < -0.4 is 10.1 Å². The minimum Gasteiger partial charge on any atom is -0.497 e. The molecule has 9 heteroatoms. The monoisotopic (exact) mass is 365 g/mol. The second-order valence-electron chi connectivity index (χ2n) is 5.45. The number of carbonyl (C=O) groups excluding carboxylic acids is 1. The van der Waals surface area contributed by atoms with Crippen molar-refractivity contribution in [2.24, 2.45) is 0 Å². The minimum absolute atomic E-state index is 0.0641.